The monoisotopic (exact) mass is 236 g/mol. The number of hydrogen-bond donors (Lipinski definition) is 2. The molecule has 0 aliphatic carbocycles. The van der Waals surface area contributed by atoms with Crippen LogP contribution in [-0.4, -0.2) is 16.9 Å². The largest absolute Gasteiger partial charge is 0.478 e. The fraction of sp³-hybridized carbons (Fsp3) is 0.167. The number of carboxylic acid groups (broad SMARTS) is 1. The van der Waals surface area contributed by atoms with Gasteiger partial charge in [-0.15, -0.1) is 0 Å². The predicted molar refractivity (Wildman–Crippen MR) is 64.9 cm³/mol. The Kier molecular flexibility index (Phi) is 4.31. The van der Waals surface area contributed by atoms with E-state index in [1.54, 1.807) is 24.3 Å². The highest BCUT2D eigenvalue weighted by molar-refractivity contribution is 7.79. The normalized spacial score (nSPS) is 9.81. The quantitative estimate of drug-likeness (QED) is 0.468. The molecular formula is C12H12O3S. The summed E-state index contributed by atoms with van der Waals surface area (Å²) >= 11 is 4.10. The number of benzene rings is 1. The molecule has 1 aromatic carbocycles. The zero-order chi connectivity index (χ0) is 12.1. The Balaban J connectivity index is 2.73. The number of rotatable bonds is 5. The molecular weight excluding hydrogens is 224 g/mol. The second-order valence-corrected chi connectivity index (χ2v) is 3.68. The van der Waals surface area contributed by atoms with Gasteiger partial charge in [-0.25, -0.2) is 4.79 Å². The maximum atomic E-state index is 11.6. The van der Waals surface area contributed by atoms with Gasteiger partial charge >= 0.3 is 5.97 Å². The molecule has 0 aliphatic heterocycles. The molecule has 0 unspecified atom stereocenters. The number of thiol groups is 1. The van der Waals surface area contributed by atoms with Gasteiger partial charge in [0.2, 0.25) is 0 Å². The van der Waals surface area contributed by atoms with Gasteiger partial charge in [-0.05, 0) is 5.56 Å². The summed E-state index contributed by atoms with van der Waals surface area (Å²) in [5, 5.41) is 8.60. The van der Waals surface area contributed by atoms with E-state index in [0.29, 0.717) is 11.3 Å². The molecule has 0 radical (unpaired) electrons. The lowest BCUT2D eigenvalue weighted by molar-refractivity contribution is -0.132. The van der Waals surface area contributed by atoms with Crippen LogP contribution in [0.5, 0.6) is 0 Å². The lowest BCUT2D eigenvalue weighted by Gasteiger charge is -2.02. The van der Waals surface area contributed by atoms with Gasteiger partial charge in [0, 0.05) is 23.3 Å². The van der Waals surface area contributed by atoms with Gasteiger partial charge in [-0.2, -0.15) is 12.6 Å². The molecule has 0 saturated carbocycles. The van der Waals surface area contributed by atoms with Crippen molar-refractivity contribution in [2.45, 2.75) is 12.2 Å². The zero-order valence-electron chi connectivity index (χ0n) is 8.64. The van der Waals surface area contributed by atoms with Crippen LogP contribution < -0.4 is 0 Å². The first-order valence-electron chi connectivity index (χ1n) is 4.68. The Bertz CT molecular complexity index is 420. The average Bonchev–Trinajstić information content (AvgIpc) is 2.28. The van der Waals surface area contributed by atoms with E-state index in [1.807, 2.05) is 0 Å². The van der Waals surface area contributed by atoms with E-state index < -0.39 is 5.97 Å². The van der Waals surface area contributed by atoms with Crippen LogP contribution in [0.4, 0.5) is 0 Å². The molecule has 0 aromatic heterocycles. The van der Waals surface area contributed by atoms with Crippen molar-refractivity contribution in [3.63, 3.8) is 0 Å². The van der Waals surface area contributed by atoms with Crippen molar-refractivity contribution in [1.29, 1.82) is 0 Å². The number of aliphatic carboxylic acids is 1. The molecule has 84 valence electrons. The molecule has 0 heterocycles. The molecule has 0 fully saturated rings. The topological polar surface area (TPSA) is 54.4 Å². The maximum Gasteiger partial charge on any atom is 0.331 e. The summed E-state index contributed by atoms with van der Waals surface area (Å²) in [7, 11) is 0. The number of carboxylic acids is 1. The van der Waals surface area contributed by atoms with E-state index in [1.165, 1.54) is 0 Å². The van der Waals surface area contributed by atoms with E-state index in [0.717, 1.165) is 5.56 Å². The Labute approximate surface area is 99.2 Å². The SMILES string of the molecule is C=C(CC(=O)c1ccc(CS)cc1)C(=O)O. The predicted octanol–water partition coefficient (Wildman–Crippen LogP) is 2.33. The number of ketones is 1. The third-order valence-electron chi connectivity index (χ3n) is 2.13. The van der Waals surface area contributed by atoms with Crippen molar-refractivity contribution >= 4 is 24.4 Å². The van der Waals surface area contributed by atoms with E-state index in [9.17, 15) is 9.59 Å². The molecule has 0 atom stereocenters. The number of carbonyl (C=O) groups excluding carboxylic acids is 1. The molecule has 0 saturated heterocycles. The smallest absolute Gasteiger partial charge is 0.331 e. The van der Waals surface area contributed by atoms with Crippen molar-refractivity contribution in [2.24, 2.45) is 0 Å². The van der Waals surface area contributed by atoms with E-state index in [2.05, 4.69) is 19.2 Å². The van der Waals surface area contributed by atoms with Crippen LogP contribution in [0.25, 0.3) is 0 Å². The lowest BCUT2D eigenvalue weighted by Crippen LogP contribution is -2.06. The van der Waals surface area contributed by atoms with Gasteiger partial charge in [-0.1, -0.05) is 30.8 Å². The summed E-state index contributed by atoms with van der Waals surface area (Å²) in [6.07, 6.45) is -0.157. The first-order chi connectivity index (χ1) is 7.54. The molecule has 0 bridgehead atoms. The molecule has 3 nitrogen and oxygen atoms in total. The van der Waals surface area contributed by atoms with Crippen molar-refractivity contribution in [1.82, 2.24) is 0 Å². The van der Waals surface area contributed by atoms with Crippen LogP contribution in [0.3, 0.4) is 0 Å². The molecule has 16 heavy (non-hydrogen) atoms. The molecule has 1 rings (SSSR count). The van der Waals surface area contributed by atoms with Crippen LogP contribution >= 0.6 is 12.6 Å². The van der Waals surface area contributed by atoms with Gasteiger partial charge in [0.05, 0.1) is 0 Å². The Morgan fingerprint density at radius 1 is 1.25 bits per heavy atom. The Morgan fingerprint density at radius 2 is 1.81 bits per heavy atom. The summed E-state index contributed by atoms with van der Waals surface area (Å²) in [5.41, 5.74) is 1.41. The lowest BCUT2D eigenvalue weighted by atomic mass is 10.0. The van der Waals surface area contributed by atoms with Gasteiger partial charge < -0.3 is 5.11 Å². The summed E-state index contributed by atoms with van der Waals surface area (Å²) in [5.74, 6) is -0.769. The summed E-state index contributed by atoms with van der Waals surface area (Å²) < 4.78 is 0. The Hall–Kier alpha value is -1.55. The van der Waals surface area contributed by atoms with Crippen LogP contribution in [0.15, 0.2) is 36.4 Å². The minimum Gasteiger partial charge on any atom is -0.478 e. The second-order valence-electron chi connectivity index (χ2n) is 3.36. The van der Waals surface area contributed by atoms with Gasteiger partial charge in [0.15, 0.2) is 5.78 Å². The fourth-order valence-corrected chi connectivity index (χ4v) is 1.38. The van der Waals surface area contributed by atoms with Crippen molar-refractivity contribution in [3.05, 3.63) is 47.5 Å². The highest BCUT2D eigenvalue weighted by Crippen LogP contribution is 2.11. The summed E-state index contributed by atoms with van der Waals surface area (Å²) in [4.78, 5) is 22.1. The van der Waals surface area contributed by atoms with Crippen LogP contribution in [0.2, 0.25) is 0 Å². The fourth-order valence-electron chi connectivity index (χ4n) is 1.17. The van der Waals surface area contributed by atoms with Gasteiger partial charge in [-0.3, -0.25) is 4.79 Å². The Morgan fingerprint density at radius 3 is 2.25 bits per heavy atom. The summed E-state index contributed by atoms with van der Waals surface area (Å²) in [6.45, 7) is 3.32. The molecule has 4 heteroatoms. The third kappa shape index (κ3) is 3.24. The van der Waals surface area contributed by atoms with E-state index in [4.69, 9.17) is 5.11 Å². The van der Waals surface area contributed by atoms with Crippen molar-refractivity contribution in [2.75, 3.05) is 0 Å². The zero-order valence-corrected chi connectivity index (χ0v) is 9.54. The number of hydrogen-bond acceptors (Lipinski definition) is 3. The average molecular weight is 236 g/mol. The third-order valence-corrected chi connectivity index (χ3v) is 2.50. The highest BCUT2D eigenvalue weighted by atomic mass is 32.1. The molecule has 0 aliphatic rings. The molecule has 1 aromatic rings. The van der Waals surface area contributed by atoms with E-state index in [-0.39, 0.29) is 17.8 Å². The number of Topliss-reactive ketones (excluding diaryl/α,β-unsaturated/α-hetero) is 1. The maximum absolute atomic E-state index is 11.6. The van der Waals surface area contributed by atoms with Crippen LogP contribution in [0.1, 0.15) is 22.3 Å². The summed E-state index contributed by atoms with van der Waals surface area (Å²) in [6, 6.07) is 6.93. The molecule has 1 N–H and O–H groups in total. The number of carbonyl (C=O) groups is 2. The first-order valence-corrected chi connectivity index (χ1v) is 5.32. The van der Waals surface area contributed by atoms with Gasteiger partial charge in [0.25, 0.3) is 0 Å². The van der Waals surface area contributed by atoms with Crippen LogP contribution in [-0.2, 0) is 10.5 Å². The first kappa shape index (κ1) is 12.5. The van der Waals surface area contributed by atoms with E-state index >= 15 is 0 Å². The molecule has 0 amide bonds. The minimum atomic E-state index is -1.14. The van der Waals surface area contributed by atoms with Crippen LogP contribution in [0, 0.1) is 0 Å². The van der Waals surface area contributed by atoms with Gasteiger partial charge in [0.1, 0.15) is 0 Å². The molecule has 0 spiro atoms. The van der Waals surface area contributed by atoms with Crippen molar-refractivity contribution in [3.8, 4) is 0 Å². The van der Waals surface area contributed by atoms with Crippen molar-refractivity contribution < 1.29 is 14.7 Å². The highest BCUT2D eigenvalue weighted by Gasteiger charge is 2.11. The minimum absolute atomic E-state index is 0.0942. The second kappa shape index (κ2) is 5.51. The standard InChI is InChI=1S/C12H12O3S/c1-8(12(14)15)6-11(13)10-4-2-9(7-16)3-5-10/h2-5,16H,1,6-7H2,(H,14,15).